The Bertz CT molecular complexity index is 251. The average molecular weight is 284 g/mol. The Morgan fingerprint density at radius 2 is 1.70 bits per heavy atom. The van der Waals surface area contributed by atoms with Crippen LogP contribution in [0.2, 0.25) is 0 Å². The highest BCUT2D eigenvalue weighted by Gasteiger charge is 2.20. The Morgan fingerprint density at radius 3 is 2.35 bits per heavy atom. The SMILES string of the molecule is CCCCCCCCCCCC1OCC=C1OCOC. The van der Waals surface area contributed by atoms with Crippen molar-refractivity contribution in [2.75, 3.05) is 20.5 Å². The fraction of sp³-hybridized carbons (Fsp3) is 0.882. The molecule has 0 aromatic rings. The second-order valence-electron chi connectivity index (χ2n) is 5.60. The summed E-state index contributed by atoms with van der Waals surface area (Å²) in [5.74, 6) is 0.964. The molecule has 0 fully saturated rings. The van der Waals surface area contributed by atoms with E-state index in [4.69, 9.17) is 14.2 Å². The van der Waals surface area contributed by atoms with Gasteiger partial charge in [-0.25, -0.2) is 0 Å². The van der Waals surface area contributed by atoms with Crippen molar-refractivity contribution in [3.8, 4) is 0 Å². The van der Waals surface area contributed by atoms with E-state index >= 15 is 0 Å². The number of hydrogen-bond donors (Lipinski definition) is 0. The zero-order valence-corrected chi connectivity index (χ0v) is 13.4. The Kier molecular flexibility index (Phi) is 10.7. The van der Waals surface area contributed by atoms with E-state index in [0.29, 0.717) is 13.4 Å². The first-order valence-electron chi connectivity index (χ1n) is 8.32. The Morgan fingerprint density at radius 1 is 1.05 bits per heavy atom. The topological polar surface area (TPSA) is 27.7 Å². The predicted molar refractivity (Wildman–Crippen MR) is 82.6 cm³/mol. The van der Waals surface area contributed by atoms with Crippen molar-refractivity contribution in [1.29, 1.82) is 0 Å². The van der Waals surface area contributed by atoms with E-state index in [1.54, 1.807) is 7.11 Å². The highest BCUT2D eigenvalue weighted by atomic mass is 16.7. The van der Waals surface area contributed by atoms with Crippen molar-refractivity contribution in [2.45, 2.75) is 77.2 Å². The minimum Gasteiger partial charge on any atom is -0.469 e. The average Bonchev–Trinajstić information content (AvgIpc) is 2.91. The first-order chi connectivity index (χ1) is 9.88. The largest absolute Gasteiger partial charge is 0.469 e. The van der Waals surface area contributed by atoms with Crippen LogP contribution in [0.3, 0.4) is 0 Å². The van der Waals surface area contributed by atoms with Crippen LogP contribution in [0.4, 0.5) is 0 Å². The van der Waals surface area contributed by atoms with Gasteiger partial charge in [0.2, 0.25) is 0 Å². The summed E-state index contributed by atoms with van der Waals surface area (Å²) >= 11 is 0. The van der Waals surface area contributed by atoms with Crippen LogP contribution in [0.15, 0.2) is 11.8 Å². The third-order valence-electron chi connectivity index (χ3n) is 3.81. The van der Waals surface area contributed by atoms with Gasteiger partial charge in [0.1, 0.15) is 11.9 Å². The van der Waals surface area contributed by atoms with Gasteiger partial charge in [-0.2, -0.15) is 0 Å². The fourth-order valence-electron chi connectivity index (χ4n) is 2.60. The van der Waals surface area contributed by atoms with Crippen LogP contribution in [-0.2, 0) is 14.2 Å². The van der Waals surface area contributed by atoms with E-state index in [1.165, 1.54) is 57.8 Å². The lowest BCUT2D eigenvalue weighted by Gasteiger charge is -2.15. The summed E-state index contributed by atoms with van der Waals surface area (Å²) < 4.78 is 16.1. The lowest BCUT2D eigenvalue weighted by molar-refractivity contribution is -0.0212. The summed E-state index contributed by atoms with van der Waals surface area (Å²) in [6, 6.07) is 0. The molecular formula is C17H32O3. The molecule has 1 aliphatic heterocycles. The molecule has 0 aliphatic carbocycles. The van der Waals surface area contributed by atoms with Crippen molar-refractivity contribution >= 4 is 0 Å². The Labute approximate surface area is 124 Å². The van der Waals surface area contributed by atoms with Crippen LogP contribution in [0.25, 0.3) is 0 Å². The molecule has 0 N–H and O–H groups in total. The van der Waals surface area contributed by atoms with Gasteiger partial charge in [0.15, 0.2) is 6.79 Å². The zero-order chi connectivity index (χ0) is 14.5. The lowest BCUT2D eigenvalue weighted by atomic mass is 10.0. The molecule has 0 saturated carbocycles. The molecule has 0 bridgehead atoms. The van der Waals surface area contributed by atoms with Gasteiger partial charge < -0.3 is 14.2 Å². The van der Waals surface area contributed by atoms with Crippen molar-refractivity contribution in [2.24, 2.45) is 0 Å². The highest BCUT2D eigenvalue weighted by molar-refractivity contribution is 5.05. The molecule has 0 radical (unpaired) electrons. The monoisotopic (exact) mass is 284 g/mol. The molecule has 1 atom stereocenters. The third-order valence-corrected chi connectivity index (χ3v) is 3.81. The number of methoxy groups -OCH3 is 1. The van der Waals surface area contributed by atoms with Gasteiger partial charge in [-0.3, -0.25) is 0 Å². The first-order valence-corrected chi connectivity index (χ1v) is 8.32. The second-order valence-corrected chi connectivity index (χ2v) is 5.60. The van der Waals surface area contributed by atoms with Gasteiger partial charge >= 0.3 is 0 Å². The van der Waals surface area contributed by atoms with Crippen molar-refractivity contribution in [3.05, 3.63) is 11.8 Å². The van der Waals surface area contributed by atoms with Crippen LogP contribution < -0.4 is 0 Å². The standard InChI is InChI=1S/C17H32O3/c1-3-4-5-6-7-8-9-10-11-12-16-17(13-14-19-16)20-15-18-2/h13,16H,3-12,14-15H2,1-2H3. The summed E-state index contributed by atoms with van der Waals surface area (Å²) in [5, 5.41) is 0. The Hall–Kier alpha value is -0.540. The van der Waals surface area contributed by atoms with Crippen LogP contribution in [-0.4, -0.2) is 26.6 Å². The summed E-state index contributed by atoms with van der Waals surface area (Å²) in [7, 11) is 1.64. The normalized spacial score (nSPS) is 18.3. The molecule has 118 valence electrons. The van der Waals surface area contributed by atoms with Gasteiger partial charge in [-0.15, -0.1) is 0 Å². The molecule has 1 rings (SSSR count). The first kappa shape index (κ1) is 17.5. The maximum absolute atomic E-state index is 5.66. The van der Waals surface area contributed by atoms with Gasteiger partial charge in [-0.1, -0.05) is 64.7 Å². The van der Waals surface area contributed by atoms with E-state index in [0.717, 1.165) is 12.2 Å². The van der Waals surface area contributed by atoms with Crippen LogP contribution >= 0.6 is 0 Å². The van der Waals surface area contributed by atoms with E-state index in [9.17, 15) is 0 Å². The van der Waals surface area contributed by atoms with Crippen LogP contribution in [0.1, 0.15) is 71.1 Å². The van der Waals surface area contributed by atoms with Gasteiger partial charge in [0.05, 0.1) is 6.61 Å². The molecule has 3 nitrogen and oxygen atoms in total. The van der Waals surface area contributed by atoms with Gasteiger partial charge in [0, 0.05) is 7.11 Å². The van der Waals surface area contributed by atoms with E-state index in [-0.39, 0.29) is 6.10 Å². The van der Waals surface area contributed by atoms with Crippen LogP contribution in [0, 0.1) is 0 Å². The molecule has 0 amide bonds. The van der Waals surface area contributed by atoms with Crippen molar-refractivity contribution in [3.63, 3.8) is 0 Å². The molecule has 20 heavy (non-hydrogen) atoms. The van der Waals surface area contributed by atoms with Crippen LogP contribution in [0.5, 0.6) is 0 Å². The minimum atomic E-state index is 0.162. The molecule has 1 heterocycles. The number of ether oxygens (including phenoxy) is 3. The lowest BCUT2D eigenvalue weighted by Crippen LogP contribution is -2.13. The quantitative estimate of drug-likeness (QED) is 0.359. The number of rotatable bonds is 13. The fourth-order valence-corrected chi connectivity index (χ4v) is 2.60. The summed E-state index contributed by atoms with van der Waals surface area (Å²) in [4.78, 5) is 0. The third kappa shape index (κ3) is 7.91. The molecule has 0 spiro atoms. The maximum atomic E-state index is 5.66. The minimum absolute atomic E-state index is 0.162. The summed E-state index contributed by atoms with van der Waals surface area (Å²) in [6.07, 6.45) is 15.5. The van der Waals surface area contributed by atoms with E-state index in [2.05, 4.69) is 6.92 Å². The van der Waals surface area contributed by atoms with E-state index < -0.39 is 0 Å². The van der Waals surface area contributed by atoms with Gasteiger partial charge in [-0.05, 0) is 12.5 Å². The summed E-state index contributed by atoms with van der Waals surface area (Å²) in [5.41, 5.74) is 0. The zero-order valence-electron chi connectivity index (χ0n) is 13.4. The van der Waals surface area contributed by atoms with E-state index in [1.807, 2.05) is 6.08 Å². The predicted octanol–water partition coefficient (Wildman–Crippen LogP) is 4.81. The maximum Gasteiger partial charge on any atom is 0.188 e. The van der Waals surface area contributed by atoms with Crippen molar-refractivity contribution < 1.29 is 14.2 Å². The smallest absolute Gasteiger partial charge is 0.188 e. The molecular weight excluding hydrogens is 252 g/mol. The number of hydrogen-bond acceptors (Lipinski definition) is 3. The number of unbranched alkanes of at least 4 members (excludes halogenated alkanes) is 8. The molecule has 3 heteroatoms. The second kappa shape index (κ2) is 12.2. The molecule has 0 aromatic carbocycles. The van der Waals surface area contributed by atoms with Crippen molar-refractivity contribution in [1.82, 2.24) is 0 Å². The molecule has 1 aliphatic rings. The Balaban J connectivity index is 1.92. The molecule has 1 unspecified atom stereocenters. The molecule has 0 saturated heterocycles. The van der Waals surface area contributed by atoms with Gasteiger partial charge in [0.25, 0.3) is 0 Å². The molecule has 0 aromatic heterocycles. The summed E-state index contributed by atoms with van der Waals surface area (Å²) in [6.45, 7) is 3.27. The highest BCUT2D eigenvalue weighted by Crippen LogP contribution is 2.21.